The van der Waals surface area contributed by atoms with Crippen molar-refractivity contribution in [1.29, 1.82) is 0 Å². The minimum absolute atomic E-state index is 0.0685. The number of sulfonamides is 1. The molecular formula is C23H23N3O7S. The summed E-state index contributed by atoms with van der Waals surface area (Å²) in [4.78, 5) is 39.7. The summed E-state index contributed by atoms with van der Waals surface area (Å²) < 4.78 is 37.1. The number of benzene rings is 2. The monoisotopic (exact) mass is 485 g/mol. The van der Waals surface area contributed by atoms with Crippen LogP contribution in [0.1, 0.15) is 17.4 Å². The van der Waals surface area contributed by atoms with E-state index >= 15 is 0 Å². The third kappa shape index (κ3) is 5.01. The van der Waals surface area contributed by atoms with Crippen LogP contribution in [0.15, 0.2) is 64.3 Å². The molecule has 0 radical (unpaired) electrons. The lowest BCUT2D eigenvalue weighted by atomic mass is 10.1. The van der Waals surface area contributed by atoms with Crippen LogP contribution in [0.25, 0.3) is 10.8 Å². The van der Waals surface area contributed by atoms with Crippen LogP contribution >= 0.6 is 0 Å². The minimum Gasteiger partial charge on any atom is -0.448 e. The van der Waals surface area contributed by atoms with E-state index in [0.717, 1.165) is 0 Å². The van der Waals surface area contributed by atoms with Crippen molar-refractivity contribution in [2.24, 2.45) is 0 Å². The average molecular weight is 486 g/mol. The number of amides is 1. The fraction of sp³-hybridized carbons (Fsp3) is 0.261. The number of morpholine rings is 1. The summed E-state index contributed by atoms with van der Waals surface area (Å²) >= 11 is 0. The molecule has 0 bridgehead atoms. The second-order valence-electron chi connectivity index (χ2n) is 7.68. The van der Waals surface area contributed by atoms with Gasteiger partial charge in [0.1, 0.15) is 5.69 Å². The van der Waals surface area contributed by atoms with Crippen molar-refractivity contribution < 1.29 is 27.5 Å². The molecule has 11 heteroatoms. The number of H-pyrrole nitrogens is 1. The molecule has 0 saturated carbocycles. The van der Waals surface area contributed by atoms with E-state index < -0.39 is 33.6 Å². The number of nitrogens with zero attached hydrogens (tertiary/aromatic N) is 1. The van der Waals surface area contributed by atoms with Crippen molar-refractivity contribution in [2.45, 2.75) is 17.9 Å². The first-order valence-corrected chi connectivity index (χ1v) is 12.0. The zero-order valence-electron chi connectivity index (χ0n) is 18.3. The zero-order valence-corrected chi connectivity index (χ0v) is 19.1. The Morgan fingerprint density at radius 1 is 1.09 bits per heavy atom. The SMILES string of the molecule is C[C@H](OC(=O)c1cc2ccccc2c(=O)[nH]1)C(=O)Nc1ccc(S(=O)(=O)N2CCOCC2)cc1. The van der Waals surface area contributed by atoms with Crippen molar-refractivity contribution in [1.82, 2.24) is 9.29 Å². The third-order valence-electron chi connectivity index (χ3n) is 5.36. The molecule has 0 spiro atoms. The number of carbonyl (C=O) groups is 2. The molecule has 1 aliphatic heterocycles. The van der Waals surface area contributed by atoms with Gasteiger partial charge in [0.2, 0.25) is 10.0 Å². The number of esters is 1. The molecule has 1 fully saturated rings. The molecule has 1 atom stereocenters. The summed E-state index contributed by atoms with van der Waals surface area (Å²) in [7, 11) is -3.65. The van der Waals surface area contributed by atoms with Crippen LogP contribution in [0.4, 0.5) is 5.69 Å². The van der Waals surface area contributed by atoms with Crippen molar-refractivity contribution in [3.05, 3.63) is 70.6 Å². The zero-order chi connectivity index (χ0) is 24.3. The van der Waals surface area contributed by atoms with E-state index in [2.05, 4.69) is 10.3 Å². The van der Waals surface area contributed by atoms with E-state index in [0.29, 0.717) is 29.7 Å². The lowest BCUT2D eigenvalue weighted by Gasteiger charge is -2.26. The standard InChI is InChI=1S/C23H23N3O7S/c1-15(33-23(29)20-14-16-4-2-3-5-19(16)22(28)25-20)21(27)24-17-6-8-18(9-7-17)34(30,31)26-10-12-32-13-11-26/h2-9,14-15H,10-13H2,1H3,(H,24,27)(H,25,28)/t15-/m0/s1. The summed E-state index contributed by atoms with van der Waals surface area (Å²) in [6.07, 6.45) is -1.17. The normalized spacial score (nSPS) is 15.6. The van der Waals surface area contributed by atoms with E-state index in [1.54, 1.807) is 24.3 Å². The summed E-state index contributed by atoms with van der Waals surface area (Å²) in [6.45, 7) is 2.65. The van der Waals surface area contributed by atoms with Gasteiger partial charge in [0, 0.05) is 24.2 Å². The summed E-state index contributed by atoms with van der Waals surface area (Å²) in [5, 5.41) is 3.59. The first-order chi connectivity index (χ1) is 16.3. The summed E-state index contributed by atoms with van der Waals surface area (Å²) in [6, 6.07) is 14.0. The molecule has 2 heterocycles. The third-order valence-corrected chi connectivity index (χ3v) is 7.27. The van der Waals surface area contributed by atoms with Crippen LogP contribution in [0, 0.1) is 0 Å². The Labute approximate surface area is 195 Å². The molecule has 2 aromatic carbocycles. The molecule has 2 N–H and O–H groups in total. The van der Waals surface area contributed by atoms with E-state index in [1.165, 1.54) is 41.6 Å². The highest BCUT2D eigenvalue weighted by Gasteiger charge is 2.26. The van der Waals surface area contributed by atoms with Crippen molar-refractivity contribution >= 4 is 38.4 Å². The molecule has 10 nitrogen and oxygen atoms in total. The van der Waals surface area contributed by atoms with E-state index in [9.17, 15) is 22.8 Å². The maximum absolute atomic E-state index is 12.7. The van der Waals surface area contributed by atoms with Gasteiger partial charge in [-0.3, -0.25) is 9.59 Å². The number of fused-ring (bicyclic) bond motifs is 1. The van der Waals surface area contributed by atoms with Crippen LogP contribution in [-0.2, 0) is 24.3 Å². The number of hydrogen-bond donors (Lipinski definition) is 2. The molecule has 34 heavy (non-hydrogen) atoms. The van der Waals surface area contributed by atoms with E-state index in [4.69, 9.17) is 9.47 Å². The number of aromatic nitrogens is 1. The Hall–Kier alpha value is -3.54. The molecule has 1 saturated heterocycles. The Balaban J connectivity index is 1.40. The molecule has 4 rings (SSSR count). The number of pyridine rings is 1. The highest BCUT2D eigenvalue weighted by atomic mass is 32.2. The molecule has 1 aromatic heterocycles. The van der Waals surface area contributed by atoms with Gasteiger partial charge in [0.25, 0.3) is 11.5 Å². The second kappa shape index (κ2) is 9.75. The second-order valence-corrected chi connectivity index (χ2v) is 9.61. The maximum Gasteiger partial charge on any atom is 0.355 e. The predicted octanol–water partition coefficient (Wildman–Crippen LogP) is 1.73. The Morgan fingerprint density at radius 3 is 2.47 bits per heavy atom. The Bertz CT molecular complexity index is 1380. The topological polar surface area (TPSA) is 135 Å². The Kier molecular flexibility index (Phi) is 6.77. The molecule has 0 unspecified atom stereocenters. The highest BCUT2D eigenvalue weighted by molar-refractivity contribution is 7.89. The number of hydrogen-bond acceptors (Lipinski definition) is 7. The van der Waals surface area contributed by atoms with Gasteiger partial charge in [-0.1, -0.05) is 18.2 Å². The van der Waals surface area contributed by atoms with Crippen LogP contribution < -0.4 is 10.9 Å². The van der Waals surface area contributed by atoms with Gasteiger partial charge in [-0.2, -0.15) is 4.31 Å². The van der Waals surface area contributed by atoms with Crippen LogP contribution in [0.3, 0.4) is 0 Å². The molecular weight excluding hydrogens is 462 g/mol. The van der Waals surface area contributed by atoms with Crippen molar-refractivity contribution in [2.75, 3.05) is 31.6 Å². The van der Waals surface area contributed by atoms with Gasteiger partial charge in [-0.15, -0.1) is 0 Å². The lowest BCUT2D eigenvalue weighted by Crippen LogP contribution is -2.40. The number of ether oxygens (including phenoxy) is 2. The highest BCUT2D eigenvalue weighted by Crippen LogP contribution is 2.20. The predicted molar refractivity (Wildman–Crippen MR) is 124 cm³/mol. The van der Waals surface area contributed by atoms with Crippen LogP contribution in [-0.4, -0.2) is 62.0 Å². The molecule has 178 valence electrons. The van der Waals surface area contributed by atoms with Crippen molar-refractivity contribution in [3.63, 3.8) is 0 Å². The number of nitrogens with one attached hydrogen (secondary N) is 2. The fourth-order valence-corrected chi connectivity index (χ4v) is 4.90. The number of anilines is 1. The van der Waals surface area contributed by atoms with Crippen molar-refractivity contribution in [3.8, 4) is 0 Å². The Morgan fingerprint density at radius 2 is 1.76 bits per heavy atom. The van der Waals surface area contributed by atoms with E-state index in [-0.39, 0.29) is 23.7 Å². The smallest absolute Gasteiger partial charge is 0.355 e. The molecule has 0 aliphatic carbocycles. The summed E-state index contributed by atoms with van der Waals surface area (Å²) in [5.41, 5.74) is -0.164. The molecule has 3 aromatic rings. The number of rotatable bonds is 6. The lowest BCUT2D eigenvalue weighted by molar-refractivity contribution is -0.123. The summed E-state index contributed by atoms with van der Waals surface area (Å²) in [5.74, 6) is -1.46. The first kappa shape index (κ1) is 23.6. The largest absolute Gasteiger partial charge is 0.448 e. The first-order valence-electron chi connectivity index (χ1n) is 10.6. The molecule has 1 amide bonds. The average Bonchev–Trinajstić information content (AvgIpc) is 2.84. The van der Waals surface area contributed by atoms with Crippen LogP contribution in [0.2, 0.25) is 0 Å². The minimum atomic E-state index is -3.65. The van der Waals surface area contributed by atoms with Gasteiger partial charge < -0.3 is 19.8 Å². The molecule has 1 aliphatic rings. The van der Waals surface area contributed by atoms with Gasteiger partial charge in [0.15, 0.2) is 6.10 Å². The van der Waals surface area contributed by atoms with Gasteiger partial charge in [-0.05, 0) is 48.7 Å². The van der Waals surface area contributed by atoms with Gasteiger partial charge >= 0.3 is 5.97 Å². The van der Waals surface area contributed by atoms with Gasteiger partial charge in [-0.25, -0.2) is 13.2 Å². The van der Waals surface area contributed by atoms with Crippen LogP contribution in [0.5, 0.6) is 0 Å². The maximum atomic E-state index is 12.7. The number of carbonyl (C=O) groups excluding carboxylic acids is 2. The fourth-order valence-electron chi connectivity index (χ4n) is 3.49. The van der Waals surface area contributed by atoms with Gasteiger partial charge in [0.05, 0.1) is 18.1 Å². The number of aromatic amines is 1. The van der Waals surface area contributed by atoms with E-state index in [1.807, 2.05) is 0 Å². The quantitative estimate of drug-likeness (QED) is 0.508.